The topological polar surface area (TPSA) is 106 Å². The molecule has 4 unspecified atom stereocenters. The number of fused-ring (bicyclic) bond motifs is 7. The van der Waals surface area contributed by atoms with Crippen LogP contribution in [0.3, 0.4) is 0 Å². The highest BCUT2D eigenvalue weighted by molar-refractivity contribution is 6.25. The number of carbonyl (C=O) groups is 3. The quantitative estimate of drug-likeness (QED) is 0.0815. The van der Waals surface area contributed by atoms with Gasteiger partial charge >= 0.3 is 18.2 Å². The van der Waals surface area contributed by atoms with Gasteiger partial charge in [0.15, 0.2) is 0 Å². The Kier molecular flexibility index (Phi) is 9.39. The standard InChI is InChI=1S/C40H62N2O5/c1-25(2)27-13-18-40(21-26(43)24-42-41)20-19-38(8)28(34(27)40)11-12-30-37(7)16-15-31(36(5,6)29(37)14-17-39(30,38)9)47-33(45)23-35(3,4)22-32(44)46-10/h24,27-31,34H,1,11-23H2,2-10H3/t27-,28?,29?,30?,31-,34?,37-,38+,39+,40+/m0/s1. The molecular weight excluding hydrogens is 588 g/mol. The van der Waals surface area contributed by atoms with Gasteiger partial charge in [0.25, 0.3) is 0 Å². The van der Waals surface area contributed by atoms with Gasteiger partial charge in [-0.05, 0) is 128 Å². The van der Waals surface area contributed by atoms with Crippen molar-refractivity contribution in [3.05, 3.63) is 17.7 Å². The van der Waals surface area contributed by atoms with Gasteiger partial charge in [-0.25, -0.2) is 0 Å². The maximum atomic E-state index is 13.3. The predicted molar refractivity (Wildman–Crippen MR) is 183 cm³/mol. The summed E-state index contributed by atoms with van der Waals surface area (Å²) in [6.07, 6.45) is 12.8. The van der Waals surface area contributed by atoms with E-state index in [1.54, 1.807) is 0 Å². The summed E-state index contributed by atoms with van der Waals surface area (Å²) >= 11 is 0. The normalized spacial score (nSPS) is 42.0. The molecule has 262 valence electrons. The maximum Gasteiger partial charge on any atom is 0.323 e. The molecule has 5 saturated carbocycles. The molecule has 0 spiro atoms. The van der Waals surface area contributed by atoms with Gasteiger partial charge in [-0.1, -0.05) is 60.6 Å². The van der Waals surface area contributed by atoms with Crippen LogP contribution < -0.4 is 0 Å². The van der Waals surface area contributed by atoms with Crippen molar-refractivity contribution in [2.75, 3.05) is 7.11 Å². The number of allylic oxidation sites excluding steroid dienone is 1. The van der Waals surface area contributed by atoms with Gasteiger partial charge in [0.05, 0.1) is 20.0 Å². The molecule has 0 radical (unpaired) electrons. The molecule has 0 N–H and O–H groups in total. The summed E-state index contributed by atoms with van der Waals surface area (Å²) in [7, 11) is 1.38. The lowest BCUT2D eigenvalue weighted by Crippen LogP contribution is -2.66. The third-order valence-corrected chi connectivity index (χ3v) is 15.7. The van der Waals surface area contributed by atoms with E-state index < -0.39 is 5.41 Å². The predicted octanol–water partition coefficient (Wildman–Crippen LogP) is 8.80. The first-order valence-electron chi connectivity index (χ1n) is 18.4. The van der Waals surface area contributed by atoms with Gasteiger partial charge in [0.1, 0.15) is 6.10 Å². The van der Waals surface area contributed by atoms with Crippen molar-refractivity contribution in [3.8, 4) is 0 Å². The molecule has 5 aliphatic carbocycles. The third kappa shape index (κ3) is 5.79. The zero-order valence-electron chi connectivity index (χ0n) is 30.9. The molecule has 0 bridgehead atoms. The van der Waals surface area contributed by atoms with E-state index >= 15 is 0 Å². The Hall–Kier alpha value is -2.27. The number of ether oxygens (including phenoxy) is 2. The van der Waals surface area contributed by atoms with E-state index in [0.29, 0.717) is 36.0 Å². The first-order valence-corrected chi connectivity index (χ1v) is 18.4. The van der Waals surface area contributed by atoms with E-state index in [-0.39, 0.29) is 63.7 Å². The summed E-state index contributed by atoms with van der Waals surface area (Å²) < 4.78 is 11.2. The Balaban J connectivity index is 1.39. The van der Waals surface area contributed by atoms with Crippen LogP contribution >= 0.6 is 0 Å². The fourth-order valence-corrected chi connectivity index (χ4v) is 13.3. The lowest BCUT2D eigenvalue weighted by atomic mass is 9.32. The van der Waals surface area contributed by atoms with Crippen molar-refractivity contribution in [2.24, 2.45) is 62.1 Å². The van der Waals surface area contributed by atoms with Crippen LogP contribution in [0.4, 0.5) is 0 Å². The van der Waals surface area contributed by atoms with Crippen molar-refractivity contribution in [2.45, 2.75) is 145 Å². The van der Waals surface area contributed by atoms with Crippen LogP contribution in [0, 0.1) is 62.1 Å². The van der Waals surface area contributed by atoms with E-state index in [2.05, 4.69) is 52.9 Å². The summed E-state index contributed by atoms with van der Waals surface area (Å²) in [6.45, 7) is 23.0. The van der Waals surface area contributed by atoms with Gasteiger partial charge in [0.2, 0.25) is 5.78 Å². The first kappa shape index (κ1) is 36.0. The highest BCUT2D eigenvalue weighted by atomic mass is 16.5. The van der Waals surface area contributed by atoms with Gasteiger partial charge in [-0.3, -0.25) is 14.4 Å². The minimum Gasteiger partial charge on any atom is -0.469 e. The SMILES string of the molecule is C=C(C)[C@@H]1CC[C@]2(CC(=O)C=[N+]=[N-])CC[C@]3(C)C(CCC4[C@@]5(C)CC[C@H](OC(=O)CC(C)(C)CC(=O)OC)C(C)(C)C5CC[C@]43C)C12. The van der Waals surface area contributed by atoms with Crippen LogP contribution in [0.2, 0.25) is 0 Å². The van der Waals surface area contributed by atoms with Crippen LogP contribution in [-0.4, -0.2) is 41.9 Å². The Morgan fingerprint density at radius 3 is 2.19 bits per heavy atom. The number of nitrogens with zero attached hydrogens (tertiary/aromatic N) is 2. The molecular formula is C40H62N2O5. The summed E-state index contributed by atoms with van der Waals surface area (Å²) in [5, 5.41) is 0. The highest BCUT2D eigenvalue weighted by Gasteiger charge is 2.71. The van der Waals surface area contributed by atoms with Crippen LogP contribution in [0.15, 0.2) is 12.2 Å². The fourth-order valence-electron chi connectivity index (χ4n) is 13.3. The zero-order chi connectivity index (χ0) is 34.8. The van der Waals surface area contributed by atoms with Crippen molar-refractivity contribution in [1.82, 2.24) is 0 Å². The largest absolute Gasteiger partial charge is 0.469 e. The molecule has 0 amide bonds. The molecule has 0 heterocycles. The van der Waals surface area contributed by atoms with E-state index in [9.17, 15) is 14.4 Å². The van der Waals surface area contributed by atoms with Crippen LogP contribution in [-0.2, 0) is 23.9 Å². The second-order valence-electron chi connectivity index (χ2n) is 18.9. The molecule has 0 aliphatic heterocycles. The minimum absolute atomic E-state index is 0.0360. The number of Topliss-reactive ketones (excluding diaryl/α,β-unsaturated/α-hetero) is 1. The van der Waals surface area contributed by atoms with Crippen molar-refractivity contribution >= 4 is 23.9 Å². The number of ketones is 1. The number of carbonyl (C=O) groups excluding carboxylic acids is 3. The van der Waals surface area contributed by atoms with E-state index in [4.69, 9.17) is 15.0 Å². The first-order chi connectivity index (χ1) is 21.8. The molecule has 0 aromatic rings. The molecule has 5 fully saturated rings. The second-order valence-corrected chi connectivity index (χ2v) is 18.9. The Labute approximate surface area is 284 Å². The molecule has 47 heavy (non-hydrogen) atoms. The van der Waals surface area contributed by atoms with Gasteiger partial charge in [-0.2, -0.15) is 4.79 Å². The number of methoxy groups -OCH3 is 1. The minimum atomic E-state index is -0.516. The lowest BCUT2D eigenvalue weighted by molar-refractivity contribution is -0.250. The number of hydrogen-bond acceptors (Lipinski definition) is 5. The van der Waals surface area contributed by atoms with Crippen LogP contribution in [0.25, 0.3) is 5.53 Å². The van der Waals surface area contributed by atoms with Crippen molar-refractivity contribution in [1.29, 1.82) is 0 Å². The van der Waals surface area contributed by atoms with Gasteiger partial charge in [-0.15, -0.1) is 0 Å². The van der Waals surface area contributed by atoms with Crippen molar-refractivity contribution < 1.29 is 28.6 Å². The maximum absolute atomic E-state index is 13.3. The molecule has 0 saturated heterocycles. The van der Waals surface area contributed by atoms with Crippen LogP contribution in [0.1, 0.15) is 139 Å². The van der Waals surface area contributed by atoms with E-state index in [1.807, 2.05) is 13.8 Å². The number of hydrogen-bond donors (Lipinski definition) is 0. The number of rotatable bonds is 9. The summed E-state index contributed by atoms with van der Waals surface area (Å²) in [6, 6.07) is 0. The van der Waals surface area contributed by atoms with Gasteiger partial charge < -0.3 is 15.0 Å². The molecule has 5 aliphatic rings. The van der Waals surface area contributed by atoms with Gasteiger partial charge in [0, 0.05) is 11.8 Å². The Morgan fingerprint density at radius 1 is 0.872 bits per heavy atom. The smallest absolute Gasteiger partial charge is 0.323 e. The Morgan fingerprint density at radius 2 is 1.55 bits per heavy atom. The lowest BCUT2D eigenvalue weighted by Gasteiger charge is -2.73. The molecule has 7 nitrogen and oxygen atoms in total. The van der Waals surface area contributed by atoms with Crippen molar-refractivity contribution in [3.63, 3.8) is 0 Å². The van der Waals surface area contributed by atoms with E-state index in [0.717, 1.165) is 51.2 Å². The fraction of sp³-hybridized carbons (Fsp3) is 0.850. The molecule has 10 atom stereocenters. The zero-order valence-corrected chi connectivity index (χ0v) is 30.9. The number of esters is 2. The molecule has 0 aromatic heterocycles. The summed E-state index contributed by atoms with van der Waals surface area (Å²) in [4.78, 5) is 41.2. The molecule has 0 aromatic carbocycles. The second kappa shape index (κ2) is 12.3. The summed E-state index contributed by atoms with van der Waals surface area (Å²) in [5.74, 6) is 1.89. The molecule has 5 rings (SSSR count). The Bertz CT molecular complexity index is 1350. The highest BCUT2D eigenvalue weighted by Crippen LogP contribution is 2.78. The monoisotopic (exact) mass is 650 g/mol. The van der Waals surface area contributed by atoms with Crippen LogP contribution in [0.5, 0.6) is 0 Å². The average Bonchev–Trinajstić information content (AvgIpc) is 3.34. The summed E-state index contributed by atoms with van der Waals surface area (Å²) in [5.41, 5.74) is 10.2. The third-order valence-electron chi connectivity index (χ3n) is 15.7. The molecule has 7 heteroatoms. The average molecular weight is 651 g/mol. The van der Waals surface area contributed by atoms with E-state index in [1.165, 1.54) is 31.9 Å².